The fourth-order valence-corrected chi connectivity index (χ4v) is 2.07. The molecule has 0 saturated carbocycles. The average Bonchev–Trinajstić information content (AvgIpc) is 2.75. The number of aryl methyl sites for hydroxylation is 1. The van der Waals surface area contributed by atoms with Crippen molar-refractivity contribution in [1.29, 1.82) is 0 Å². The van der Waals surface area contributed by atoms with Crippen LogP contribution in [0.5, 0.6) is 0 Å². The molecule has 84 valence electrons. The molecular weight excluding hydrogens is 338 g/mol. The SMILES string of the molecule is ClCCCc1nnc(-c2ccccc2I)o1. The maximum atomic E-state index is 5.61. The summed E-state index contributed by atoms with van der Waals surface area (Å²) in [5.74, 6) is 1.84. The van der Waals surface area contributed by atoms with E-state index in [2.05, 4.69) is 32.8 Å². The molecule has 1 heterocycles. The molecule has 0 aliphatic rings. The number of hydrogen-bond donors (Lipinski definition) is 0. The minimum absolute atomic E-state index is 0.578. The number of rotatable bonds is 4. The minimum Gasteiger partial charge on any atom is -0.421 e. The van der Waals surface area contributed by atoms with Crippen LogP contribution < -0.4 is 0 Å². The van der Waals surface area contributed by atoms with Crippen molar-refractivity contribution in [3.8, 4) is 11.5 Å². The van der Waals surface area contributed by atoms with Crippen molar-refractivity contribution in [3.63, 3.8) is 0 Å². The van der Waals surface area contributed by atoms with Crippen LogP contribution in [0, 0.1) is 3.57 Å². The van der Waals surface area contributed by atoms with E-state index in [1.165, 1.54) is 0 Å². The van der Waals surface area contributed by atoms with Gasteiger partial charge >= 0.3 is 0 Å². The Labute approximate surface area is 112 Å². The fraction of sp³-hybridized carbons (Fsp3) is 0.273. The van der Waals surface area contributed by atoms with Crippen LogP contribution in [0.1, 0.15) is 12.3 Å². The third-order valence-corrected chi connectivity index (χ3v) is 3.30. The summed E-state index contributed by atoms with van der Waals surface area (Å²) in [6, 6.07) is 7.93. The third-order valence-electron chi connectivity index (χ3n) is 2.10. The molecule has 0 fully saturated rings. The van der Waals surface area contributed by atoms with Gasteiger partial charge in [-0.2, -0.15) is 0 Å². The summed E-state index contributed by atoms with van der Waals surface area (Å²) in [5, 5.41) is 8.03. The van der Waals surface area contributed by atoms with Gasteiger partial charge in [0.1, 0.15) is 0 Å². The smallest absolute Gasteiger partial charge is 0.248 e. The maximum absolute atomic E-state index is 5.61. The first kappa shape index (κ1) is 11.9. The second kappa shape index (κ2) is 5.63. The second-order valence-corrected chi connectivity index (χ2v) is 4.81. The highest BCUT2D eigenvalue weighted by Crippen LogP contribution is 2.23. The molecule has 0 atom stereocenters. The first-order chi connectivity index (χ1) is 7.81. The van der Waals surface area contributed by atoms with E-state index in [-0.39, 0.29) is 0 Å². The lowest BCUT2D eigenvalue weighted by molar-refractivity contribution is 0.502. The van der Waals surface area contributed by atoms with Gasteiger partial charge in [0.25, 0.3) is 0 Å². The molecule has 0 spiro atoms. The van der Waals surface area contributed by atoms with E-state index in [0.717, 1.165) is 22.0 Å². The number of nitrogens with zero attached hydrogens (tertiary/aromatic N) is 2. The molecule has 2 rings (SSSR count). The Hall–Kier alpha value is -0.620. The van der Waals surface area contributed by atoms with Gasteiger partial charge in [-0.15, -0.1) is 21.8 Å². The highest BCUT2D eigenvalue weighted by molar-refractivity contribution is 14.1. The molecule has 0 bridgehead atoms. The van der Waals surface area contributed by atoms with Crippen LogP contribution in [0.3, 0.4) is 0 Å². The van der Waals surface area contributed by atoms with Gasteiger partial charge in [-0.25, -0.2) is 0 Å². The van der Waals surface area contributed by atoms with Gasteiger partial charge in [-0.3, -0.25) is 0 Å². The third kappa shape index (κ3) is 2.74. The van der Waals surface area contributed by atoms with E-state index in [9.17, 15) is 0 Å². The highest BCUT2D eigenvalue weighted by atomic mass is 127. The summed E-state index contributed by atoms with van der Waals surface area (Å²) in [6.07, 6.45) is 1.59. The molecule has 1 aromatic carbocycles. The van der Waals surface area contributed by atoms with Crippen molar-refractivity contribution in [2.75, 3.05) is 5.88 Å². The number of alkyl halides is 1. The van der Waals surface area contributed by atoms with Crippen molar-refractivity contribution in [1.82, 2.24) is 10.2 Å². The predicted molar refractivity (Wildman–Crippen MR) is 71.5 cm³/mol. The van der Waals surface area contributed by atoms with Gasteiger partial charge in [0.15, 0.2) is 0 Å². The lowest BCUT2D eigenvalue weighted by atomic mass is 10.2. The molecular formula is C11H10ClIN2O. The Kier molecular flexibility index (Phi) is 4.17. The summed E-state index contributed by atoms with van der Waals surface area (Å²) in [4.78, 5) is 0. The molecule has 0 amide bonds. The molecule has 0 saturated heterocycles. The summed E-state index contributed by atoms with van der Waals surface area (Å²) < 4.78 is 6.67. The molecule has 1 aromatic heterocycles. The van der Waals surface area contributed by atoms with Crippen molar-refractivity contribution < 1.29 is 4.42 Å². The van der Waals surface area contributed by atoms with Crippen LogP contribution in [0.2, 0.25) is 0 Å². The van der Waals surface area contributed by atoms with E-state index in [1.807, 2.05) is 24.3 Å². The topological polar surface area (TPSA) is 38.9 Å². The molecule has 16 heavy (non-hydrogen) atoms. The number of halogens is 2. The van der Waals surface area contributed by atoms with Gasteiger partial charge in [0, 0.05) is 15.9 Å². The molecule has 0 radical (unpaired) electrons. The number of benzene rings is 1. The standard InChI is InChI=1S/C11H10ClIN2O/c12-7-3-6-10-14-15-11(16-10)8-4-1-2-5-9(8)13/h1-2,4-5H,3,6-7H2. The highest BCUT2D eigenvalue weighted by Gasteiger charge is 2.10. The molecule has 5 heteroatoms. The van der Waals surface area contributed by atoms with Gasteiger partial charge in [-0.1, -0.05) is 12.1 Å². The molecule has 0 unspecified atom stereocenters. The summed E-state index contributed by atoms with van der Waals surface area (Å²) >= 11 is 7.86. The summed E-state index contributed by atoms with van der Waals surface area (Å²) in [5.41, 5.74) is 0.979. The predicted octanol–water partition coefficient (Wildman–Crippen LogP) is 3.51. The zero-order valence-corrected chi connectivity index (χ0v) is 11.4. The maximum Gasteiger partial charge on any atom is 0.248 e. The van der Waals surface area contributed by atoms with E-state index in [4.69, 9.17) is 16.0 Å². The van der Waals surface area contributed by atoms with Gasteiger partial charge < -0.3 is 4.42 Å². The van der Waals surface area contributed by atoms with Gasteiger partial charge in [0.2, 0.25) is 11.8 Å². The van der Waals surface area contributed by atoms with Crippen LogP contribution in [0.25, 0.3) is 11.5 Å². The molecule has 0 aliphatic heterocycles. The van der Waals surface area contributed by atoms with E-state index in [1.54, 1.807) is 0 Å². The Balaban J connectivity index is 2.22. The minimum atomic E-state index is 0.578. The fourth-order valence-electron chi connectivity index (χ4n) is 1.32. The Morgan fingerprint density at radius 2 is 2.06 bits per heavy atom. The van der Waals surface area contributed by atoms with E-state index < -0.39 is 0 Å². The largest absolute Gasteiger partial charge is 0.421 e. The first-order valence-corrected chi connectivity index (χ1v) is 6.56. The van der Waals surface area contributed by atoms with Crippen molar-refractivity contribution in [2.45, 2.75) is 12.8 Å². The van der Waals surface area contributed by atoms with Crippen LogP contribution >= 0.6 is 34.2 Å². The Bertz CT molecular complexity index is 473. The molecule has 3 nitrogen and oxygen atoms in total. The normalized spacial score (nSPS) is 10.6. The lowest BCUT2D eigenvalue weighted by Crippen LogP contribution is -1.85. The Morgan fingerprint density at radius 1 is 1.25 bits per heavy atom. The number of aromatic nitrogens is 2. The second-order valence-electron chi connectivity index (χ2n) is 3.27. The number of hydrogen-bond acceptors (Lipinski definition) is 3. The first-order valence-electron chi connectivity index (χ1n) is 4.94. The quantitative estimate of drug-likeness (QED) is 0.627. The van der Waals surface area contributed by atoms with Crippen LogP contribution in [-0.4, -0.2) is 16.1 Å². The summed E-state index contributed by atoms with van der Waals surface area (Å²) in [7, 11) is 0. The van der Waals surface area contributed by atoms with Crippen LogP contribution in [0.4, 0.5) is 0 Å². The van der Waals surface area contributed by atoms with Crippen molar-refractivity contribution in [2.24, 2.45) is 0 Å². The molecule has 0 N–H and O–H groups in total. The van der Waals surface area contributed by atoms with Crippen molar-refractivity contribution >= 4 is 34.2 Å². The average molecular weight is 349 g/mol. The van der Waals surface area contributed by atoms with Crippen LogP contribution in [-0.2, 0) is 6.42 Å². The van der Waals surface area contributed by atoms with Gasteiger partial charge in [0.05, 0.1) is 5.56 Å². The monoisotopic (exact) mass is 348 g/mol. The Morgan fingerprint density at radius 3 is 2.81 bits per heavy atom. The lowest BCUT2D eigenvalue weighted by Gasteiger charge is -1.97. The van der Waals surface area contributed by atoms with E-state index >= 15 is 0 Å². The molecule has 0 aliphatic carbocycles. The van der Waals surface area contributed by atoms with Crippen molar-refractivity contribution in [3.05, 3.63) is 33.7 Å². The zero-order chi connectivity index (χ0) is 11.4. The zero-order valence-electron chi connectivity index (χ0n) is 8.49. The van der Waals surface area contributed by atoms with Crippen LogP contribution in [0.15, 0.2) is 28.7 Å². The van der Waals surface area contributed by atoms with E-state index in [0.29, 0.717) is 17.7 Å². The molecule has 2 aromatic rings. The van der Waals surface area contributed by atoms with Gasteiger partial charge in [-0.05, 0) is 41.1 Å². The summed E-state index contributed by atoms with van der Waals surface area (Å²) in [6.45, 7) is 0.